The molecule has 0 fully saturated rings. The smallest absolute Gasteiger partial charge is 0.167 e. The van der Waals surface area contributed by atoms with Gasteiger partial charge in [-0.2, -0.15) is 0 Å². The number of nitrogens with two attached hydrogens (primary N) is 1. The van der Waals surface area contributed by atoms with Crippen molar-refractivity contribution in [2.45, 2.75) is 6.10 Å². The van der Waals surface area contributed by atoms with Gasteiger partial charge >= 0.3 is 0 Å². The fourth-order valence-electron chi connectivity index (χ4n) is 0.966. The van der Waals surface area contributed by atoms with Gasteiger partial charge in [-0.25, -0.2) is 13.2 Å². The topological polar surface area (TPSA) is 46.2 Å². The van der Waals surface area contributed by atoms with E-state index in [2.05, 4.69) is 0 Å². The summed E-state index contributed by atoms with van der Waals surface area (Å²) in [5, 5.41) is 9.04. The molecule has 0 heterocycles. The predicted molar refractivity (Wildman–Crippen MR) is 40.3 cm³/mol. The van der Waals surface area contributed by atoms with E-state index in [1.807, 2.05) is 0 Å². The molecule has 0 radical (unpaired) electrons. The monoisotopic (exact) mass is 191 g/mol. The third-order valence-corrected chi connectivity index (χ3v) is 1.64. The first-order chi connectivity index (χ1) is 6.07. The lowest BCUT2D eigenvalue weighted by molar-refractivity contribution is 0.175. The zero-order valence-corrected chi connectivity index (χ0v) is 6.60. The van der Waals surface area contributed by atoms with Gasteiger partial charge in [0.15, 0.2) is 11.6 Å². The largest absolute Gasteiger partial charge is 0.387 e. The van der Waals surface area contributed by atoms with Crippen LogP contribution in [0.15, 0.2) is 12.1 Å². The van der Waals surface area contributed by atoms with Crippen LogP contribution in [-0.2, 0) is 0 Å². The molecule has 13 heavy (non-hydrogen) atoms. The maximum absolute atomic E-state index is 12.9. The van der Waals surface area contributed by atoms with Crippen molar-refractivity contribution in [3.05, 3.63) is 35.1 Å². The fraction of sp³-hybridized carbons (Fsp3) is 0.250. The van der Waals surface area contributed by atoms with Crippen LogP contribution < -0.4 is 5.73 Å². The van der Waals surface area contributed by atoms with Crippen molar-refractivity contribution in [3.63, 3.8) is 0 Å². The predicted octanol–water partition coefficient (Wildman–Crippen LogP) is 1.10. The normalized spacial score (nSPS) is 13.0. The van der Waals surface area contributed by atoms with Gasteiger partial charge < -0.3 is 10.8 Å². The SMILES string of the molecule is NCC(O)c1c(F)ccc(F)c1F. The average Bonchev–Trinajstić information content (AvgIpc) is 2.12. The highest BCUT2D eigenvalue weighted by Gasteiger charge is 2.19. The molecule has 5 heteroatoms. The van der Waals surface area contributed by atoms with Gasteiger partial charge in [-0.1, -0.05) is 0 Å². The van der Waals surface area contributed by atoms with Gasteiger partial charge in [0, 0.05) is 6.54 Å². The van der Waals surface area contributed by atoms with Gasteiger partial charge in [0.25, 0.3) is 0 Å². The minimum absolute atomic E-state index is 0.364. The Labute approximate surface area is 72.8 Å². The number of aliphatic hydroxyl groups excluding tert-OH is 1. The molecule has 72 valence electrons. The lowest BCUT2D eigenvalue weighted by atomic mass is 10.1. The Bertz CT molecular complexity index is 317. The lowest BCUT2D eigenvalue weighted by Crippen LogP contribution is -2.15. The van der Waals surface area contributed by atoms with Crippen molar-refractivity contribution >= 4 is 0 Å². The van der Waals surface area contributed by atoms with Crippen LogP contribution in [0, 0.1) is 17.5 Å². The quantitative estimate of drug-likeness (QED) is 0.687. The van der Waals surface area contributed by atoms with Crippen molar-refractivity contribution in [2.24, 2.45) is 5.73 Å². The van der Waals surface area contributed by atoms with Crippen LogP contribution in [0.1, 0.15) is 11.7 Å². The molecule has 0 amide bonds. The Balaban J connectivity index is 3.25. The van der Waals surface area contributed by atoms with Crippen LogP contribution in [0.5, 0.6) is 0 Å². The summed E-state index contributed by atoms with van der Waals surface area (Å²) in [7, 11) is 0. The van der Waals surface area contributed by atoms with E-state index in [1.54, 1.807) is 0 Å². The van der Waals surface area contributed by atoms with Crippen molar-refractivity contribution in [1.82, 2.24) is 0 Å². The minimum atomic E-state index is -1.52. The number of rotatable bonds is 2. The third-order valence-electron chi connectivity index (χ3n) is 1.64. The van der Waals surface area contributed by atoms with Crippen LogP contribution in [-0.4, -0.2) is 11.7 Å². The number of hydrogen-bond acceptors (Lipinski definition) is 2. The van der Waals surface area contributed by atoms with Crippen molar-refractivity contribution < 1.29 is 18.3 Å². The molecule has 0 aliphatic rings. The van der Waals surface area contributed by atoms with E-state index in [4.69, 9.17) is 10.8 Å². The molecule has 2 nitrogen and oxygen atoms in total. The zero-order valence-electron chi connectivity index (χ0n) is 6.60. The second kappa shape index (κ2) is 3.76. The Morgan fingerprint density at radius 3 is 2.31 bits per heavy atom. The first-order valence-corrected chi connectivity index (χ1v) is 3.59. The molecule has 0 bridgehead atoms. The molecular weight excluding hydrogens is 183 g/mol. The molecule has 0 saturated heterocycles. The molecule has 1 unspecified atom stereocenters. The summed E-state index contributed by atoms with van der Waals surface area (Å²) >= 11 is 0. The minimum Gasteiger partial charge on any atom is -0.387 e. The lowest BCUT2D eigenvalue weighted by Gasteiger charge is -2.10. The summed E-state index contributed by atoms with van der Waals surface area (Å²) in [5.74, 6) is -3.60. The number of halogens is 3. The third kappa shape index (κ3) is 1.81. The summed E-state index contributed by atoms with van der Waals surface area (Å²) in [6.07, 6.45) is -1.52. The number of hydrogen-bond donors (Lipinski definition) is 2. The van der Waals surface area contributed by atoms with Crippen molar-refractivity contribution in [1.29, 1.82) is 0 Å². The maximum Gasteiger partial charge on any atom is 0.167 e. The van der Waals surface area contributed by atoms with E-state index in [0.717, 1.165) is 6.07 Å². The van der Waals surface area contributed by atoms with Gasteiger partial charge in [0.1, 0.15) is 5.82 Å². The molecule has 1 aromatic rings. The first kappa shape index (κ1) is 10.0. The van der Waals surface area contributed by atoms with Crippen LogP contribution >= 0.6 is 0 Å². The Morgan fingerprint density at radius 1 is 1.23 bits per heavy atom. The van der Waals surface area contributed by atoms with E-state index < -0.39 is 29.1 Å². The molecule has 0 spiro atoms. The molecule has 0 aromatic heterocycles. The summed E-state index contributed by atoms with van der Waals surface area (Å²) in [5.41, 5.74) is 4.27. The fourth-order valence-corrected chi connectivity index (χ4v) is 0.966. The molecule has 0 aliphatic heterocycles. The van der Waals surface area contributed by atoms with Gasteiger partial charge in [0.05, 0.1) is 11.7 Å². The van der Waals surface area contributed by atoms with Gasteiger partial charge in [-0.3, -0.25) is 0 Å². The van der Waals surface area contributed by atoms with Crippen LogP contribution in [0.4, 0.5) is 13.2 Å². The van der Waals surface area contributed by atoms with Crippen LogP contribution in [0.25, 0.3) is 0 Å². The summed E-state index contributed by atoms with van der Waals surface area (Å²) < 4.78 is 38.3. The van der Waals surface area contributed by atoms with E-state index in [0.29, 0.717) is 6.07 Å². The summed E-state index contributed by atoms with van der Waals surface area (Å²) in [4.78, 5) is 0. The average molecular weight is 191 g/mol. The second-order valence-electron chi connectivity index (χ2n) is 2.51. The van der Waals surface area contributed by atoms with Gasteiger partial charge in [-0.15, -0.1) is 0 Å². The Morgan fingerprint density at radius 2 is 1.77 bits per heavy atom. The second-order valence-corrected chi connectivity index (χ2v) is 2.51. The summed E-state index contributed by atoms with van der Waals surface area (Å²) in [6.45, 7) is -0.364. The molecule has 1 aromatic carbocycles. The van der Waals surface area contributed by atoms with Crippen LogP contribution in [0.3, 0.4) is 0 Å². The molecule has 3 N–H and O–H groups in total. The van der Waals surface area contributed by atoms with E-state index >= 15 is 0 Å². The Kier molecular flexibility index (Phi) is 2.90. The highest BCUT2D eigenvalue weighted by atomic mass is 19.2. The number of aliphatic hydroxyl groups is 1. The summed E-state index contributed by atoms with van der Waals surface area (Å²) in [6, 6.07) is 1.39. The molecule has 1 atom stereocenters. The van der Waals surface area contributed by atoms with E-state index in [9.17, 15) is 13.2 Å². The van der Waals surface area contributed by atoms with Crippen LogP contribution in [0.2, 0.25) is 0 Å². The van der Waals surface area contributed by atoms with E-state index in [-0.39, 0.29) is 6.54 Å². The highest BCUT2D eigenvalue weighted by molar-refractivity contribution is 5.23. The van der Waals surface area contributed by atoms with E-state index in [1.165, 1.54) is 0 Å². The molecule has 0 aliphatic carbocycles. The molecule has 0 saturated carbocycles. The number of benzene rings is 1. The zero-order chi connectivity index (χ0) is 10.0. The van der Waals surface area contributed by atoms with Gasteiger partial charge in [-0.05, 0) is 12.1 Å². The molecular formula is C8H8F3NO. The standard InChI is InChI=1S/C8H8F3NO/c9-4-1-2-5(10)8(11)7(4)6(13)3-12/h1-2,6,13H,3,12H2. The highest BCUT2D eigenvalue weighted by Crippen LogP contribution is 2.21. The maximum atomic E-state index is 12.9. The van der Waals surface area contributed by atoms with Crippen molar-refractivity contribution in [3.8, 4) is 0 Å². The Hall–Kier alpha value is -1.07. The molecule has 1 rings (SSSR count). The first-order valence-electron chi connectivity index (χ1n) is 3.59. The van der Waals surface area contributed by atoms with Crippen molar-refractivity contribution in [2.75, 3.05) is 6.54 Å². The van der Waals surface area contributed by atoms with Gasteiger partial charge in [0.2, 0.25) is 0 Å².